The van der Waals surface area contributed by atoms with Crippen LogP contribution in [0.3, 0.4) is 0 Å². The molecule has 0 spiro atoms. The van der Waals surface area contributed by atoms with Crippen molar-refractivity contribution in [1.29, 1.82) is 0 Å². The Morgan fingerprint density at radius 2 is 1.06 bits per heavy atom. The molecule has 1 aliphatic rings. The lowest BCUT2D eigenvalue weighted by atomic mass is 10.1. The first-order valence-electron chi connectivity index (χ1n) is 21.7. The van der Waals surface area contributed by atoms with Gasteiger partial charge in [-0.25, -0.2) is 9.59 Å². The molecule has 0 aliphatic carbocycles. The first-order chi connectivity index (χ1) is 31.8. The van der Waals surface area contributed by atoms with Crippen LogP contribution >= 0.6 is 15.9 Å². The molecular weight excluding hydrogens is 944 g/mol. The van der Waals surface area contributed by atoms with Gasteiger partial charge in [-0.15, -0.1) is 0 Å². The molecule has 2 aromatic rings. The second-order valence-corrected chi connectivity index (χ2v) is 17.1. The molecule has 1 heterocycles. The Kier molecular flexibility index (Phi) is 23.9. The molecule has 4 amide bonds. The quantitative estimate of drug-likeness (QED) is 0.0642. The van der Waals surface area contributed by atoms with Gasteiger partial charge in [0.15, 0.2) is 5.78 Å². The zero-order valence-electron chi connectivity index (χ0n) is 37.4. The SMILES string of the molecule is CC(=O)[C@@H](CCC(=O)O)NC(=O)N[C@H](CCCCN(Cc1ccc(Br)cc1)C(=O)c1ccc(CNC(=O)CN2CCN(CC(=O)O)CCN(CC(=O)O)CCN(CC(=O)O)CC2)cc1)C(=O)O. The van der Waals surface area contributed by atoms with Crippen molar-refractivity contribution < 1.29 is 68.7 Å². The third-order valence-electron chi connectivity index (χ3n) is 10.9. The highest BCUT2D eigenvalue weighted by molar-refractivity contribution is 9.10. The van der Waals surface area contributed by atoms with Gasteiger partial charge in [-0.3, -0.25) is 53.2 Å². The van der Waals surface area contributed by atoms with Crippen molar-refractivity contribution in [2.45, 2.75) is 64.2 Å². The van der Waals surface area contributed by atoms with E-state index in [2.05, 4.69) is 31.9 Å². The van der Waals surface area contributed by atoms with E-state index in [1.54, 1.807) is 43.9 Å². The van der Waals surface area contributed by atoms with Crippen LogP contribution in [0.2, 0.25) is 0 Å². The molecule has 1 saturated heterocycles. The number of benzene rings is 2. The van der Waals surface area contributed by atoms with Crippen LogP contribution in [0.15, 0.2) is 53.0 Å². The molecule has 368 valence electrons. The summed E-state index contributed by atoms with van der Waals surface area (Å²) < 4.78 is 0.848. The number of carbonyl (C=O) groups is 9. The first kappa shape index (κ1) is 55.3. The van der Waals surface area contributed by atoms with Crippen molar-refractivity contribution >= 4 is 69.4 Å². The summed E-state index contributed by atoms with van der Waals surface area (Å²) in [6.07, 6.45) is 0.137. The number of urea groups is 1. The molecule has 0 aromatic heterocycles. The molecular formula is C44H61BrN8O14. The number of aliphatic carboxylic acids is 5. The van der Waals surface area contributed by atoms with E-state index in [4.69, 9.17) is 5.11 Å². The Morgan fingerprint density at radius 3 is 1.51 bits per heavy atom. The second-order valence-electron chi connectivity index (χ2n) is 16.2. The van der Waals surface area contributed by atoms with Crippen LogP contribution in [-0.4, -0.2) is 201 Å². The third-order valence-corrected chi connectivity index (χ3v) is 11.4. The van der Waals surface area contributed by atoms with Crippen LogP contribution in [0.1, 0.15) is 60.5 Å². The number of hydrogen-bond donors (Lipinski definition) is 8. The Bertz CT molecular complexity index is 1980. The number of carboxylic acids is 5. The van der Waals surface area contributed by atoms with Gasteiger partial charge in [0.2, 0.25) is 5.91 Å². The maximum atomic E-state index is 13.9. The molecule has 0 bridgehead atoms. The number of halogens is 1. The van der Waals surface area contributed by atoms with E-state index in [-0.39, 0.29) is 129 Å². The molecule has 1 fully saturated rings. The number of Topliss-reactive ketones (excluding diaryl/α,β-unsaturated/α-hetero) is 1. The second kappa shape index (κ2) is 28.9. The summed E-state index contributed by atoms with van der Waals surface area (Å²) in [5, 5.41) is 54.7. The lowest BCUT2D eigenvalue weighted by molar-refractivity contribution is -0.140. The lowest BCUT2D eigenvalue weighted by Gasteiger charge is -2.32. The zero-order chi connectivity index (χ0) is 49.5. The predicted molar refractivity (Wildman–Crippen MR) is 244 cm³/mol. The molecule has 22 nitrogen and oxygen atoms in total. The van der Waals surface area contributed by atoms with E-state index in [0.717, 1.165) is 10.0 Å². The summed E-state index contributed by atoms with van der Waals surface area (Å²) in [5.41, 5.74) is 1.89. The molecule has 0 radical (unpaired) electrons. The fourth-order valence-electron chi connectivity index (χ4n) is 7.17. The van der Waals surface area contributed by atoms with Crippen LogP contribution in [0.4, 0.5) is 4.79 Å². The maximum Gasteiger partial charge on any atom is 0.326 e. The first-order valence-corrected chi connectivity index (χ1v) is 22.5. The number of nitrogens with zero attached hydrogens (tertiary/aromatic N) is 5. The number of carboxylic acid groups (broad SMARTS) is 5. The molecule has 2 aromatic carbocycles. The smallest absolute Gasteiger partial charge is 0.326 e. The lowest BCUT2D eigenvalue weighted by Crippen LogP contribution is -2.50. The topological polar surface area (TPSA) is 307 Å². The fraction of sp³-hybridized carbons (Fsp3) is 0.523. The molecule has 1 aliphatic heterocycles. The summed E-state index contributed by atoms with van der Waals surface area (Å²) in [5.74, 6) is -6.75. The molecule has 3 rings (SSSR count). The average molecular weight is 1010 g/mol. The number of ketones is 1. The largest absolute Gasteiger partial charge is 0.481 e. The van der Waals surface area contributed by atoms with Gasteiger partial charge in [-0.2, -0.15) is 0 Å². The number of rotatable bonds is 25. The maximum absolute atomic E-state index is 13.9. The van der Waals surface area contributed by atoms with Crippen LogP contribution in [0.5, 0.6) is 0 Å². The molecule has 67 heavy (non-hydrogen) atoms. The van der Waals surface area contributed by atoms with E-state index < -0.39 is 53.7 Å². The number of nitrogens with one attached hydrogen (secondary N) is 3. The number of amides is 4. The van der Waals surface area contributed by atoms with Crippen molar-refractivity contribution in [3.8, 4) is 0 Å². The van der Waals surface area contributed by atoms with Gasteiger partial charge in [-0.05, 0) is 68.0 Å². The van der Waals surface area contributed by atoms with Crippen molar-refractivity contribution in [1.82, 2.24) is 40.4 Å². The summed E-state index contributed by atoms with van der Waals surface area (Å²) in [7, 11) is 0. The van der Waals surface area contributed by atoms with Crippen LogP contribution in [0, 0.1) is 0 Å². The minimum atomic E-state index is -1.32. The van der Waals surface area contributed by atoms with Crippen molar-refractivity contribution in [3.05, 3.63) is 69.7 Å². The zero-order valence-corrected chi connectivity index (χ0v) is 39.0. The summed E-state index contributed by atoms with van der Waals surface area (Å²) >= 11 is 3.41. The molecule has 23 heteroatoms. The van der Waals surface area contributed by atoms with Gasteiger partial charge in [0, 0.05) is 88.4 Å². The number of carbonyl (C=O) groups excluding carboxylic acids is 4. The minimum absolute atomic E-state index is 0.00246. The van der Waals surface area contributed by atoms with Gasteiger partial charge < -0.3 is 46.4 Å². The number of hydrogen-bond acceptors (Lipinski definition) is 13. The van der Waals surface area contributed by atoms with Crippen LogP contribution in [-0.2, 0) is 46.7 Å². The highest BCUT2D eigenvalue weighted by Crippen LogP contribution is 2.17. The van der Waals surface area contributed by atoms with Gasteiger partial charge in [0.1, 0.15) is 6.04 Å². The standard InChI is InChI=1S/C44H61BrN8O14/c1-30(54)35(13-14-38(56)57)47-44(67)48-36(43(65)66)4-2-3-15-53(25-32-7-11-34(45)12-8-32)42(64)33-9-5-31(6-10-33)24-46-37(55)26-49-16-18-50(27-39(58)59)20-22-52(29-41(62)63)23-21-51(19-17-49)28-40(60)61/h5-12,35-36H,2-4,13-29H2,1H3,(H,46,55)(H,56,57)(H,58,59)(H,60,61)(H,62,63)(H,65,66)(H2,47,48,67)/t35-,36-/m1/s1. The summed E-state index contributed by atoms with van der Waals surface area (Å²) in [4.78, 5) is 118. The van der Waals surface area contributed by atoms with E-state index in [1.165, 1.54) is 6.92 Å². The van der Waals surface area contributed by atoms with Crippen LogP contribution in [0.25, 0.3) is 0 Å². The normalized spacial score (nSPS) is 15.4. The van der Waals surface area contributed by atoms with E-state index in [1.807, 2.05) is 29.2 Å². The van der Waals surface area contributed by atoms with Crippen molar-refractivity contribution in [2.75, 3.05) is 85.1 Å². The minimum Gasteiger partial charge on any atom is -0.481 e. The molecule has 8 N–H and O–H groups in total. The van der Waals surface area contributed by atoms with Gasteiger partial charge >= 0.3 is 35.9 Å². The Labute approximate surface area is 396 Å². The average Bonchev–Trinajstić information content (AvgIpc) is 3.25. The fourth-order valence-corrected chi connectivity index (χ4v) is 7.43. The van der Waals surface area contributed by atoms with Crippen molar-refractivity contribution in [3.63, 3.8) is 0 Å². The molecule has 0 unspecified atom stereocenters. The van der Waals surface area contributed by atoms with Crippen molar-refractivity contribution in [2.24, 2.45) is 0 Å². The highest BCUT2D eigenvalue weighted by Gasteiger charge is 2.25. The van der Waals surface area contributed by atoms with E-state index in [0.29, 0.717) is 24.0 Å². The van der Waals surface area contributed by atoms with E-state index in [9.17, 15) is 63.6 Å². The number of unbranched alkanes of at least 4 members (excludes halogenated alkanes) is 1. The van der Waals surface area contributed by atoms with Gasteiger partial charge in [0.25, 0.3) is 5.91 Å². The van der Waals surface area contributed by atoms with Gasteiger partial charge in [-0.1, -0.05) is 40.2 Å². The van der Waals surface area contributed by atoms with E-state index >= 15 is 0 Å². The summed E-state index contributed by atoms with van der Waals surface area (Å²) in [6.45, 7) is 2.91. The summed E-state index contributed by atoms with van der Waals surface area (Å²) in [6, 6.07) is 10.7. The Hall–Kier alpha value is -6.01. The van der Waals surface area contributed by atoms with Gasteiger partial charge in [0.05, 0.1) is 32.2 Å². The molecule has 2 atom stereocenters. The molecule has 0 saturated carbocycles. The third kappa shape index (κ3) is 22.4. The van der Waals surface area contributed by atoms with Crippen LogP contribution < -0.4 is 16.0 Å². The predicted octanol–water partition coefficient (Wildman–Crippen LogP) is 0.928. The highest BCUT2D eigenvalue weighted by atomic mass is 79.9. The Balaban J connectivity index is 1.64. The monoisotopic (exact) mass is 1000 g/mol. The Morgan fingerprint density at radius 1 is 0.597 bits per heavy atom.